The lowest BCUT2D eigenvalue weighted by atomic mass is 9.74. The number of ketones is 1. The Bertz CT molecular complexity index is 2780. The Morgan fingerprint density at radius 1 is 0.798 bits per heavy atom. The van der Waals surface area contributed by atoms with Crippen LogP contribution in [0.3, 0.4) is 0 Å². The Morgan fingerprint density at radius 3 is 1.98 bits per heavy atom. The molecule has 0 spiro atoms. The van der Waals surface area contributed by atoms with Gasteiger partial charge in [-0.1, -0.05) is 147 Å². The van der Waals surface area contributed by atoms with E-state index in [1.54, 1.807) is 48.5 Å². The molecular weight excluding hydrogens is 1290 g/mol. The van der Waals surface area contributed by atoms with E-state index in [1.807, 2.05) is 43.7 Å². The van der Waals surface area contributed by atoms with Crippen LogP contribution in [-0.2, 0) is 62.1 Å². The van der Waals surface area contributed by atoms with Gasteiger partial charge in [-0.25, -0.2) is 4.18 Å². The van der Waals surface area contributed by atoms with Crippen LogP contribution >= 0.6 is 35.8 Å². The summed E-state index contributed by atoms with van der Waals surface area (Å²) in [5.41, 5.74) is -1.04. The smallest absolute Gasteiger partial charge is 0.397 e. The van der Waals surface area contributed by atoms with Gasteiger partial charge in [0.05, 0.1) is 60.3 Å². The van der Waals surface area contributed by atoms with E-state index >= 15 is 0 Å². The zero-order chi connectivity index (χ0) is 69.8. The van der Waals surface area contributed by atoms with Crippen LogP contribution in [0.5, 0.6) is 0 Å². The van der Waals surface area contributed by atoms with Gasteiger partial charge >= 0.3 is 22.3 Å². The number of carbonyl (C=O) groups is 3. The topological polar surface area (TPSA) is 267 Å². The van der Waals surface area contributed by atoms with E-state index in [-0.39, 0.29) is 56.8 Å². The van der Waals surface area contributed by atoms with E-state index in [1.165, 1.54) is 99.3 Å². The molecule has 24 heteroatoms. The molecule has 0 amide bonds. The lowest BCUT2D eigenvalue weighted by Gasteiger charge is -2.49. The number of Topliss-reactive ketones (excluding diaryl/α,β-unsaturated/α-hetero) is 1. The highest BCUT2D eigenvalue weighted by Gasteiger charge is 2.54. The van der Waals surface area contributed by atoms with Crippen LogP contribution in [0.1, 0.15) is 197 Å². The summed E-state index contributed by atoms with van der Waals surface area (Å²) in [4.78, 5) is 47.7. The number of nitrogens with zero attached hydrogens (tertiary/aromatic N) is 2. The molecule has 3 fully saturated rings. The second-order valence-corrected chi connectivity index (χ2v) is 29.8. The van der Waals surface area contributed by atoms with Gasteiger partial charge in [0, 0.05) is 59.1 Å². The average Bonchev–Trinajstić information content (AvgIpc) is 0.790. The number of fused-ring (bicyclic) bond motifs is 2. The van der Waals surface area contributed by atoms with E-state index in [2.05, 4.69) is 72.6 Å². The van der Waals surface area contributed by atoms with Crippen molar-refractivity contribution in [2.45, 2.75) is 280 Å². The first-order chi connectivity index (χ1) is 43.6. The molecule has 2 aromatic rings. The minimum Gasteiger partial charge on any atom is -0.459 e. The Morgan fingerprint density at radius 2 is 1.40 bits per heavy atom. The number of ether oxygens (including phenoxy) is 7. The minimum absolute atomic E-state index is 0. The summed E-state index contributed by atoms with van der Waals surface area (Å²) in [7, 11) is 5.18. The first-order valence-corrected chi connectivity index (χ1v) is 36.2. The van der Waals surface area contributed by atoms with E-state index in [4.69, 9.17) is 49.3 Å². The quantitative estimate of drug-likeness (QED) is 0.0317. The van der Waals surface area contributed by atoms with Crippen molar-refractivity contribution >= 4 is 69.5 Å². The Hall–Kier alpha value is -2.85. The van der Waals surface area contributed by atoms with Gasteiger partial charge < -0.3 is 63.4 Å². The maximum Gasteiger partial charge on any atom is 0.397 e. The summed E-state index contributed by atoms with van der Waals surface area (Å²) >= 11 is 8.03. The zero-order valence-electron chi connectivity index (χ0n) is 59.0. The third-order valence-corrected chi connectivity index (χ3v) is 20.5. The third-order valence-electron chi connectivity index (χ3n) is 18.6. The van der Waals surface area contributed by atoms with Crippen LogP contribution in [0.2, 0.25) is 5.02 Å². The largest absolute Gasteiger partial charge is 0.459 e. The molecule has 4 aliphatic rings. The van der Waals surface area contributed by atoms with Gasteiger partial charge in [-0.15, -0.1) is 12.4 Å². The standard InChI is InChI=1S/C40H71NO14.C18H18ClNS.C12H26O4S.ClH/c1-15-27-40(11,48)33(44)22(5)30(43)20(3)18-38(9,47)35(55-37-32(53-28(42)16-2)26(41(12)13)17-21(4)50-37)23(6)31(24(7)36(46)52-27)54-29-19-39(10,49-14)34(45)25(8)51-29;1-20(2)11-5-7-14-15-6-3-4-8-17(15)21-18-10-9-13(19)12-16(14)18;1-2-3-4-5-6-7-8-9-10-11-12-16-17(13,14)15;/h20-27,29,31-35,37,44-45,47-48H,15-19H2,1-14H3;3-4,6-10,12H,5,11H2,1-2H3;2-12H2,1H3,(H,13,14,15);1H. The number of benzene rings is 2. The number of aliphatic hydroxyl groups excluding tert-OH is 2. The molecule has 0 aliphatic carbocycles. The zero-order valence-corrected chi connectivity index (χ0v) is 62.3. The fraction of sp³-hybridized carbons (Fsp3) is 0.757. The predicted octanol–water partition coefficient (Wildman–Crippen LogP) is 12.1. The Labute approximate surface area is 577 Å². The molecule has 4 aliphatic heterocycles. The molecule has 20 nitrogen and oxygen atoms in total. The summed E-state index contributed by atoms with van der Waals surface area (Å²) in [6.07, 6.45) is 5.55. The number of methoxy groups -OCH3 is 1. The molecule has 540 valence electrons. The van der Waals surface area contributed by atoms with Crippen molar-refractivity contribution in [1.29, 1.82) is 0 Å². The first-order valence-electron chi connectivity index (χ1n) is 33.7. The highest BCUT2D eigenvalue weighted by Crippen LogP contribution is 2.47. The number of hydrogen-bond acceptors (Lipinski definition) is 20. The fourth-order valence-corrected chi connectivity index (χ4v) is 14.6. The van der Waals surface area contributed by atoms with Gasteiger partial charge in [0.1, 0.15) is 23.6 Å². The van der Waals surface area contributed by atoms with Gasteiger partial charge in [-0.2, -0.15) is 8.42 Å². The van der Waals surface area contributed by atoms with Crippen molar-refractivity contribution in [2.75, 3.05) is 48.5 Å². The fourth-order valence-electron chi connectivity index (χ4n) is 13.0. The average molecular weight is 1410 g/mol. The molecule has 0 saturated carbocycles. The third kappa shape index (κ3) is 25.1. The summed E-state index contributed by atoms with van der Waals surface area (Å²) in [5.74, 6) is -5.59. The normalized spacial score (nSPS) is 32.9. The monoisotopic (exact) mass is 1410 g/mol. The number of esters is 2. The van der Waals surface area contributed by atoms with Crippen molar-refractivity contribution < 1.29 is 85.1 Å². The highest BCUT2D eigenvalue weighted by molar-refractivity contribution is 7.99. The van der Waals surface area contributed by atoms with Crippen molar-refractivity contribution in [1.82, 2.24) is 9.80 Å². The number of likely N-dealkylation sites (N-methyl/N-ethyl adjacent to an activating group) is 1. The SMILES string of the molecule is CCC(=O)OC1C(OC2C(C)C(OC3CC(C)(OC)C(O)C(C)O3)C(C)C(=O)OC(CC)C(C)(O)C(O)C(C)C(=O)C(C)CC2(C)O)OC(C)CC1N(C)C.CCCCCCCCCCCCOS(=O)(=O)O.CN(C)CCC=C1c2ccccc2Sc2ccc(Cl)cc21.Cl. The van der Waals surface area contributed by atoms with Crippen LogP contribution in [-0.4, -0.2) is 194 Å². The summed E-state index contributed by atoms with van der Waals surface area (Å²) < 4.78 is 76.6. The number of aliphatic hydroxyl groups is 4. The molecule has 0 aromatic heterocycles. The van der Waals surface area contributed by atoms with Gasteiger partial charge in [0.2, 0.25) is 0 Å². The molecule has 18 unspecified atom stereocenters. The number of unbranched alkanes of at least 4 members (excludes halogenated alkanes) is 9. The van der Waals surface area contributed by atoms with Crippen molar-refractivity contribution in [3.63, 3.8) is 0 Å². The summed E-state index contributed by atoms with van der Waals surface area (Å²) in [6, 6.07) is 14.5. The second kappa shape index (κ2) is 39.8. The van der Waals surface area contributed by atoms with Gasteiger partial charge in [0.25, 0.3) is 0 Å². The van der Waals surface area contributed by atoms with E-state index in [0.717, 1.165) is 30.8 Å². The number of cyclic esters (lactones) is 1. The lowest BCUT2D eigenvalue weighted by Crippen LogP contribution is -2.61. The van der Waals surface area contributed by atoms with E-state index in [0.29, 0.717) is 12.8 Å². The molecule has 0 radical (unpaired) electrons. The number of rotatable bonds is 24. The lowest BCUT2D eigenvalue weighted by molar-refractivity contribution is -0.319. The maximum atomic E-state index is 14.2. The van der Waals surface area contributed by atoms with Crippen molar-refractivity contribution in [3.05, 3.63) is 64.7 Å². The molecule has 6 rings (SSSR count). The van der Waals surface area contributed by atoms with Crippen LogP contribution in [0.15, 0.2) is 58.3 Å². The van der Waals surface area contributed by atoms with Crippen LogP contribution in [0.25, 0.3) is 5.57 Å². The number of halogens is 2. The van der Waals surface area contributed by atoms with Gasteiger partial charge in [-0.05, 0) is 143 Å². The summed E-state index contributed by atoms with van der Waals surface area (Å²) in [5, 5.41) is 47.4. The maximum absolute atomic E-state index is 14.2. The Balaban J connectivity index is 0.000000476. The molecule has 4 heterocycles. The van der Waals surface area contributed by atoms with Gasteiger partial charge in [-0.3, -0.25) is 18.9 Å². The van der Waals surface area contributed by atoms with Crippen LogP contribution < -0.4 is 0 Å². The minimum atomic E-state index is -4.23. The molecule has 2 aromatic carbocycles. The number of hydrogen-bond donors (Lipinski definition) is 5. The van der Waals surface area contributed by atoms with Crippen LogP contribution in [0, 0.1) is 23.7 Å². The molecular formula is C70H116Cl2N2O18S2. The van der Waals surface area contributed by atoms with E-state index in [9.17, 15) is 43.2 Å². The predicted molar refractivity (Wildman–Crippen MR) is 369 cm³/mol. The van der Waals surface area contributed by atoms with Crippen molar-refractivity contribution in [2.24, 2.45) is 23.7 Å². The van der Waals surface area contributed by atoms with Crippen LogP contribution in [0.4, 0.5) is 0 Å². The van der Waals surface area contributed by atoms with Crippen molar-refractivity contribution in [3.8, 4) is 0 Å². The molecule has 18 atom stereocenters. The second-order valence-electron chi connectivity index (χ2n) is 27.2. The molecule has 94 heavy (non-hydrogen) atoms. The number of carbonyl (C=O) groups excluding carboxylic acids is 3. The van der Waals surface area contributed by atoms with E-state index < -0.39 is 124 Å². The molecule has 0 bridgehead atoms. The summed E-state index contributed by atoms with van der Waals surface area (Å²) in [6.45, 7) is 21.4. The molecule has 5 N–H and O–H groups in total. The first kappa shape index (κ1) is 85.4. The highest BCUT2D eigenvalue weighted by atomic mass is 35.5. The van der Waals surface area contributed by atoms with Gasteiger partial charge in [0.15, 0.2) is 18.7 Å². The molecule has 3 saturated heterocycles. The Kier molecular flexibility index (Phi) is 36.2.